The summed E-state index contributed by atoms with van der Waals surface area (Å²) in [6.07, 6.45) is 14.6. The van der Waals surface area contributed by atoms with Gasteiger partial charge < -0.3 is 19.9 Å². The van der Waals surface area contributed by atoms with Gasteiger partial charge in [0.15, 0.2) is 0 Å². The van der Waals surface area contributed by atoms with Crippen molar-refractivity contribution in [1.29, 1.82) is 0 Å². The van der Waals surface area contributed by atoms with Gasteiger partial charge in [0.2, 0.25) is 0 Å². The maximum absolute atomic E-state index is 13.2. The van der Waals surface area contributed by atoms with Crippen LogP contribution in [0.5, 0.6) is 5.75 Å². The molecule has 38 heavy (non-hydrogen) atoms. The summed E-state index contributed by atoms with van der Waals surface area (Å²) in [7, 11) is 0. The highest BCUT2D eigenvalue weighted by Crippen LogP contribution is 2.27. The van der Waals surface area contributed by atoms with E-state index in [1.807, 2.05) is 42.5 Å². The molecule has 1 aliphatic carbocycles. The molecule has 0 radical (unpaired) electrons. The minimum atomic E-state index is -0.199. The average molecular weight is 514 g/mol. The normalized spacial score (nSPS) is 16.2. The second-order valence-electron chi connectivity index (χ2n) is 10.1. The van der Waals surface area contributed by atoms with Crippen LogP contribution in [0.3, 0.4) is 0 Å². The fourth-order valence-corrected chi connectivity index (χ4v) is 5.24. The number of ether oxygens (including phenoxy) is 1. The lowest BCUT2D eigenvalue weighted by Gasteiger charge is -2.34. The number of hydrogen-bond acceptors (Lipinski definition) is 5. The molecule has 0 atom stereocenters. The van der Waals surface area contributed by atoms with E-state index in [-0.39, 0.29) is 11.9 Å². The maximum Gasteiger partial charge on any atom is 0.322 e. The number of nitrogens with zero attached hydrogens (tertiary/aromatic N) is 4. The molecule has 8 heteroatoms. The Labute approximate surface area is 224 Å². The van der Waals surface area contributed by atoms with Crippen molar-refractivity contribution in [2.24, 2.45) is 5.92 Å². The molecule has 2 aliphatic rings. The first-order valence-electron chi connectivity index (χ1n) is 13.6. The van der Waals surface area contributed by atoms with Crippen molar-refractivity contribution in [2.45, 2.75) is 38.5 Å². The first kappa shape index (κ1) is 25.7. The highest BCUT2D eigenvalue weighted by atomic mass is 16.5. The Kier molecular flexibility index (Phi) is 8.48. The molecule has 3 amide bonds. The zero-order valence-corrected chi connectivity index (χ0v) is 21.7. The summed E-state index contributed by atoms with van der Waals surface area (Å²) < 4.78 is 5.99. The molecule has 1 saturated carbocycles. The number of carbonyl (C=O) groups is 2. The summed E-state index contributed by atoms with van der Waals surface area (Å²) >= 11 is 0. The number of rotatable bonds is 7. The SMILES string of the molecule is O=C(Nc1cncc(-c2cccnc2)c1)N1CCN(C(=O)c2cccc(OCCC3CCCCC3)c2)CC1. The van der Waals surface area contributed by atoms with E-state index in [4.69, 9.17) is 4.74 Å². The van der Waals surface area contributed by atoms with Crippen LogP contribution in [0.1, 0.15) is 48.9 Å². The van der Waals surface area contributed by atoms with E-state index >= 15 is 0 Å². The van der Waals surface area contributed by atoms with Crippen molar-refractivity contribution < 1.29 is 14.3 Å². The van der Waals surface area contributed by atoms with Gasteiger partial charge in [-0.1, -0.05) is 44.2 Å². The van der Waals surface area contributed by atoms with E-state index in [0.29, 0.717) is 44.0 Å². The molecule has 1 N–H and O–H groups in total. The molecule has 5 rings (SSSR count). The van der Waals surface area contributed by atoms with Crippen LogP contribution < -0.4 is 10.1 Å². The van der Waals surface area contributed by atoms with Crippen molar-refractivity contribution in [3.05, 3.63) is 72.8 Å². The predicted octanol–water partition coefficient (Wildman–Crippen LogP) is 5.48. The largest absolute Gasteiger partial charge is 0.494 e. The highest BCUT2D eigenvalue weighted by molar-refractivity contribution is 5.95. The molecule has 1 saturated heterocycles. The van der Waals surface area contributed by atoms with Gasteiger partial charge >= 0.3 is 6.03 Å². The van der Waals surface area contributed by atoms with Crippen LogP contribution in [0.15, 0.2) is 67.3 Å². The van der Waals surface area contributed by atoms with E-state index in [0.717, 1.165) is 29.2 Å². The molecule has 2 fully saturated rings. The number of aromatic nitrogens is 2. The van der Waals surface area contributed by atoms with Gasteiger partial charge in [-0.05, 0) is 42.7 Å². The molecule has 1 aromatic carbocycles. The van der Waals surface area contributed by atoms with E-state index in [2.05, 4.69) is 15.3 Å². The van der Waals surface area contributed by atoms with E-state index < -0.39 is 0 Å². The van der Waals surface area contributed by atoms with E-state index in [1.165, 1.54) is 32.1 Å². The zero-order chi connectivity index (χ0) is 26.2. The molecule has 8 nitrogen and oxygen atoms in total. The van der Waals surface area contributed by atoms with Crippen molar-refractivity contribution in [2.75, 3.05) is 38.1 Å². The van der Waals surface area contributed by atoms with Gasteiger partial charge in [-0.25, -0.2) is 4.79 Å². The molecule has 0 bridgehead atoms. The maximum atomic E-state index is 13.2. The topological polar surface area (TPSA) is 87.7 Å². The van der Waals surface area contributed by atoms with E-state index in [1.54, 1.807) is 34.6 Å². The summed E-state index contributed by atoms with van der Waals surface area (Å²) in [5.41, 5.74) is 3.06. The molecule has 198 valence electrons. The van der Waals surface area contributed by atoms with Crippen LogP contribution >= 0.6 is 0 Å². The van der Waals surface area contributed by atoms with Crippen LogP contribution in [-0.4, -0.2) is 64.5 Å². The zero-order valence-electron chi connectivity index (χ0n) is 21.7. The lowest BCUT2D eigenvalue weighted by molar-refractivity contribution is 0.0671. The van der Waals surface area contributed by atoms with Crippen molar-refractivity contribution >= 4 is 17.6 Å². The van der Waals surface area contributed by atoms with Gasteiger partial charge in [-0.2, -0.15) is 0 Å². The Morgan fingerprint density at radius 1 is 0.868 bits per heavy atom. The van der Waals surface area contributed by atoms with E-state index in [9.17, 15) is 9.59 Å². The fraction of sp³-hybridized carbons (Fsp3) is 0.400. The van der Waals surface area contributed by atoms with Gasteiger partial charge in [0.05, 0.1) is 18.5 Å². The molecule has 0 spiro atoms. The third-order valence-electron chi connectivity index (χ3n) is 7.44. The van der Waals surface area contributed by atoms with Crippen LogP contribution in [0.2, 0.25) is 0 Å². The summed E-state index contributed by atoms with van der Waals surface area (Å²) in [5, 5.41) is 2.93. The third-order valence-corrected chi connectivity index (χ3v) is 7.44. The number of amides is 3. The summed E-state index contributed by atoms with van der Waals surface area (Å²) in [6.45, 7) is 2.58. The minimum absolute atomic E-state index is 0.0313. The van der Waals surface area contributed by atoms with Crippen LogP contribution in [0, 0.1) is 5.92 Å². The second-order valence-corrected chi connectivity index (χ2v) is 10.1. The monoisotopic (exact) mass is 513 g/mol. The molecule has 3 heterocycles. The Morgan fingerprint density at radius 2 is 1.66 bits per heavy atom. The van der Waals surface area contributed by atoms with Crippen molar-refractivity contribution in [3.8, 4) is 16.9 Å². The summed E-state index contributed by atoms with van der Waals surface area (Å²) in [6, 6.07) is 13.0. The average Bonchev–Trinajstić information content (AvgIpc) is 2.98. The Hall–Kier alpha value is -3.94. The second kappa shape index (κ2) is 12.5. The molecule has 0 unspecified atom stereocenters. The Morgan fingerprint density at radius 3 is 2.45 bits per heavy atom. The first-order valence-corrected chi connectivity index (χ1v) is 13.6. The smallest absolute Gasteiger partial charge is 0.322 e. The summed E-state index contributed by atoms with van der Waals surface area (Å²) in [5.74, 6) is 1.48. The number of urea groups is 1. The highest BCUT2D eigenvalue weighted by Gasteiger charge is 2.25. The standard InChI is InChI=1S/C30H35N5O3/c36-29(24-8-4-10-28(19-24)38-17-11-23-6-2-1-3-7-23)34-13-15-35(16-14-34)30(37)33-27-18-26(21-32-22-27)25-9-5-12-31-20-25/h4-5,8-10,12,18-23H,1-3,6-7,11,13-17H2,(H,33,37). The van der Waals surface area contributed by atoms with Crippen LogP contribution in [0.25, 0.3) is 11.1 Å². The number of pyridine rings is 2. The van der Waals surface area contributed by atoms with Crippen molar-refractivity contribution in [3.63, 3.8) is 0 Å². The van der Waals surface area contributed by atoms with Crippen LogP contribution in [-0.2, 0) is 0 Å². The number of benzene rings is 1. The lowest BCUT2D eigenvalue weighted by atomic mass is 9.87. The van der Waals surface area contributed by atoms with Crippen LogP contribution in [0.4, 0.5) is 10.5 Å². The fourth-order valence-electron chi connectivity index (χ4n) is 5.24. The van der Waals surface area contributed by atoms with Crippen molar-refractivity contribution in [1.82, 2.24) is 19.8 Å². The number of carbonyl (C=O) groups excluding carboxylic acids is 2. The quantitative estimate of drug-likeness (QED) is 0.452. The van der Waals surface area contributed by atoms with Gasteiger partial charge in [0, 0.05) is 61.5 Å². The molecular weight excluding hydrogens is 478 g/mol. The first-order chi connectivity index (χ1) is 18.7. The minimum Gasteiger partial charge on any atom is -0.494 e. The van der Waals surface area contributed by atoms with Gasteiger partial charge in [-0.3, -0.25) is 14.8 Å². The Balaban J connectivity index is 1.10. The molecule has 2 aromatic heterocycles. The molecular formula is C30H35N5O3. The predicted molar refractivity (Wildman–Crippen MR) is 147 cm³/mol. The number of piperazine rings is 1. The number of nitrogens with one attached hydrogen (secondary N) is 1. The summed E-state index contributed by atoms with van der Waals surface area (Å²) in [4.78, 5) is 37.9. The Bertz CT molecular complexity index is 1220. The third kappa shape index (κ3) is 6.68. The molecule has 3 aromatic rings. The number of hydrogen-bond donors (Lipinski definition) is 1. The lowest BCUT2D eigenvalue weighted by Crippen LogP contribution is -2.51. The molecule has 1 aliphatic heterocycles. The number of anilines is 1. The van der Waals surface area contributed by atoms with Gasteiger partial charge in [-0.15, -0.1) is 0 Å². The van der Waals surface area contributed by atoms with Gasteiger partial charge in [0.1, 0.15) is 5.75 Å². The van der Waals surface area contributed by atoms with Gasteiger partial charge in [0.25, 0.3) is 5.91 Å².